The average molecular weight is 641 g/mol. The summed E-state index contributed by atoms with van der Waals surface area (Å²) in [6, 6.07) is 56.3. The summed E-state index contributed by atoms with van der Waals surface area (Å²) >= 11 is 0. The van der Waals surface area contributed by atoms with Crippen LogP contribution in [0.4, 0.5) is 11.4 Å². The van der Waals surface area contributed by atoms with Crippen LogP contribution in [0.3, 0.4) is 0 Å². The van der Waals surface area contributed by atoms with Crippen molar-refractivity contribution in [1.82, 2.24) is 14.4 Å². The Bertz CT molecular complexity index is 2740. The van der Waals surface area contributed by atoms with Crippen LogP contribution < -0.4 is 4.90 Å². The molecule has 4 heteroatoms. The second-order valence-corrected chi connectivity index (χ2v) is 13.0. The van der Waals surface area contributed by atoms with Gasteiger partial charge in [-0.1, -0.05) is 140 Å². The monoisotopic (exact) mass is 640 g/mol. The molecule has 0 saturated carbocycles. The number of hydrogen-bond acceptors (Lipinski definition) is 3. The number of imidazole rings is 1. The minimum Gasteiger partial charge on any atom is -0.332 e. The van der Waals surface area contributed by atoms with Crippen molar-refractivity contribution in [2.75, 3.05) is 4.90 Å². The zero-order chi connectivity index (χ0) is 33.0. The molecule has 0 fully saturated rings. The van der Waals surface area contributed by atoms with Gasteiger partial charge in [0, 0.05) is 22.8 Å². The van der Waals surface area contributed by atoms with Crippen LogP contribution in [0.5, 0.6) is 0 Å². The van der Waals surface area contributed by atoms with Crippen molar-refractivity contribution in [3.63, 3.8) is 0 Å². The molecular weight excluding hydrogens is 609 g/mol. The van der Waals surface area contributed by atoms with Gasteiger partial charge in [0.25, 0.3) is 0 Å². The van der Waals surface area contributed by atoms with Gasteiger partial charge in [-0.15, -0.1) is 0 Å². The Labute approximate surface area is 290 Å². The average Bonchev–Trinajstić information content (AvgIpc) is 3.58. The number of benzene rings is 6. The summed E-state index contributed by atoms with van der Waals surface area (Å²) < 4.78 is 2.25. The fourth-order valence-corrected chi connectivity index (χ4v) is 7.78. The van der Waals surface area contributed by atoms with E-state index in [0.29, 0.717) is 0 Å². The maximum absolute atomic E-state index is 5.32. The molecular formula is C46H32N4. The van der Waals surface area contributed by atoms with Crippen LogP contribution in [0.15, 0.2) is 170 Å². The van der Waals surface area contributed by atoms with Gasteiger partial charge in [-0.3, -0.25) is 4.40 Å². The first-order chi connectivity index (χ1) is 24.8. The molecule has 9 aromatic rings. The van der Waals surface area contributed by atoms with E-state index in [9.17, 15) is 0 Å². The summed E-state index contributed by atoms with van der Waals surface area (Å²) in [5.74, 6) is 0. The molecule has 4 nitrogen and oxygen atoms in total. The summed E-state index contributed by atoms with van der Waals surface area (Å²) in [6.45, 7) is 0. The molecule has 236 valence electrons. The first-order valence-electron chi connectivity index (χ1n) is 17.2. The molecule has 0 N–H and O–H groups in total. The number of aromatic nitrogens is 3. The number of hydrogen-bond donors (Lipinski definition) is 0. The number of rotatable bonds is 5. The standard InChI is InChI=1S/C46H32N4/c1-2-16-35(17-3-1)50(42-23-11-15-32-13-5-7-19-39(32)42)36-28-29-43-48-45-40-20-8-9-22-41(40)47-44(46(45)49(43)30-36)34-26-24-33(25-27-34)38-21-10-14-31-12-4-6-18-37(31)38/h1-22,24-30,42H,23H2. The van der Waals surface area contributed by atoms with E-state index in [0.717, 1.165) is 56.6 Å². The minimum absolute atomic E-state index is 0.144. The van der Waals surface area contributed by atoms with Crippen LogP contribution in [0, 0.1) is 0 Å². The predicted octanol–water partition coefficient (Wildman–Crippen LogP) is 11.8. The Morgan fingerprint density at radius 2 is 1.32 bits per heavy atom. The molecule has 0 spiro atoms. The van der Waals surface area contributed by atoms with Crippen molar-refractivity contribution in [3.8, 4) is 22.4 Å². The highest BCUT2D eigenvalue weighted by Crippen LogP contribution is 2.42. The molecule has 1 unspecified atom stereocenters. The lowest BCUT2D eigenvalue weighted by atomic mass is 9.91. The van der Waals surface area contributed by atoms with Gasteiger partial charge in [0.15, 0.2) is 0 Å². The number of pyridine rings is 2. The lowest BCUT2D eigenvalue weighted by Crippen LogP contribution is -2.25. The van der Waals surface area contributed by atoms with Crippen LogP contribution >= 0.6 is 0 Å². The molecule has 0 aliphatic heterocycles. The second kappa shape index (κ2) is 11.6. The zero-order valence-electron chi connectivity index (χ0n) is 27.3. The van der Waals surface area contributed by atoms with Crippen LogP contribution in [0.2, 0.25) is 0 Å². The van der Waals surface area contributed by atoms with Crippen molar-refractivity contribution < 1.29 is 0 Å². The van der Waals surface area contributed by atoms with Crippen molar-refractivity contribution in [3.05, 3.63) is 181 Å². The third kappa shape index (κ3) is 4.61. The van der Waals surface area contributed by atoms with Gasteiger partial charge < -0.3 is 4.90 Å². The van der Waals surface area contributed by atoms with E-state index >= 15 is 0 Å². The summed E-state index contributed by atoms with van der Waals surface area (Å²) in [6.07, 6.45) is 7.71. The summed E-state index contributed by atoms with van der Waals surface area (Å²) in [7, 11) is 0. The normalized spacial score (nSPS) is 14.0. The van der Waals surface area contributed by atoms with Crippen molar-refractivity contribution in [1.29, 1.82) is 0 Å². The Balaban J connectivity index is 1.17. The zero-order valence-corrected chi connectivity index (χ0v) is 27.3. The van der Waals surface area contributed by atoms with Gasteiger partial charge in [-0.2, -0.15) is 0 Å². The summed E-state index contributed by atoms with van der Waals surface area (Å²) in [4.78, 5) is 13.0. The molecule has 10 rings (SSSR count). The van der Waals surface area contributed by atoms with Gasteiger partial charge >= 0.3 is 0 Å². The lowest BCUT2D eigenvalue weighted by molar-refractivity contribution is 0.700. The Kier molecular flexibility index (Phi) is 6.59. The third-order valence-electron chi connectivity index (χ3n) is 10.1. The Morgan fingerprint density at radius 3 is 2.22 bits per heavy atom. The molecule has 6 aromatic carbocycles. The molecule has 1 aliphatic rings. The fourth-order valence-electron chi connectivity index (χ4n) is 7.78. The quantitative estimate of drug-likeness (QED) is 0.188. The second-order valence-electron chi connectivity index (χ2n) is 13.0. The van der Waals surface area contributed by atoms with Crippen molar-refractivity contribution >= 4 is 55.8 Å². The Morgan fingerprint density at radius 1 is 0.580 bits per heavy atom. The molecule has 0 bridgehead atoms. The molecule has 50 heavy (non-hydrogen) atoms. The summed E-state index contributed by atoms with van der Waals surface area (Å²) in [5, 5.41) is 3.54. The maximum atomic E-state index is 5.32. The molecule has 3 heterocycles. The molecule has 0 radical (unpaired) electrons. The van der Waals surface area contributed by atoms with Gasteiger partial charge in [-0.05, 0) is 69.8 Å². The Hall–Kier alpha value is -6.52. The highest BCUT2D eigenvalue weighted by atomic mass is 15.2. The number of anilines is 2. The van der Waals surface area contributed by atoms with E-state index in [1.807, 2.05) is 0 Å². The topological polar surface area (TPSA) is 33.4 Å². The van der Waals surface area contributed by atoms with Crippen LogP contribution in [0.1, 0.15) is 23.6 Å². The van der Waals surface area contributed by atoms with E-state index in [2.05, 4.69) is 185 Å². The van der Waals surface area contributed by atoms with E-state index in [-0.39, 0.29) is 6.04 Å². The number of para-hydroxylation sites is 2. The van der Waals surface area contributed by atoms with Crippen LogP contribution in [0.25, 0.3) is 66.8 Å². The van der Waals surface area contributed by atoms with Crippen LogP contribution in [-0.4, -0.2) is 14.4 Å². The first-order valence-corrected chi connectivity index (χ1v) is 17.2. The van der Waals surface area contributed by atoms with Crippen molar-refractivity contribution in [2.24, 2.45) is 0 Å². The maximum Gasteiger partial charge on any atom is 0.138 e. The van der Waals surface area contributed by atoms with E-state index in [4.69, 9.17) is 9.97 Å². The van der Waals surface area contributed by atoms with Gasteiger partial charge in [0.05, 0.1) is 22.9 Å². The van der Waals surface area contributed by atoms with Crippen LogP contribution in [-0.2, 0) is 0 Å². The van der Waals surface area contributed by atoms with Gasteiger partial charge in [0.1, 0.15) is 16.7 Å². The number of fused-ring (bicyclic) bond motifs is 7. The van der Waals surface area contributed by atoms with Crippen molar-refractivity contribution in [2.45, 2.75) is 12.5 Å². The molecule has 1 atom stereocenters. The molecule has 3 aromatic heterocycles. The van der Waals surface area contributed by atoms with Gasteiger partial charge in [0.2, 0.25) is 0 Å². The van der Waals surface area contributed by atoms with E-state index < -0.39 is 0 Å². The largest absolute Gasteiger partial charge is 0.332 e. The molecule has 1 aliphatic carbocycles. The third-order valence-corrected chi connectivity index (χ3v) is 10.1. The smallest absolute Gasteiger partial charge is 0.138 e. The molecule has 0 amide bonds. The van der Waals surface area contributed by atoms with E-state index in [1.54, 1.807) is 0 Å². The minimum atomic E-state index is 0.144. The highest BCUT2D eigenvalue weighted by molar-refractivity contribution is 6.09. The SMILES string of the molecule is C1=Cc2ccccc2C(N(c2ccccc2)c2ccc3nc4c5ccccc5nc(-c5ccc(-c6cccc7ccccc67)cc5)c4n3c2)C1. The van der Waals surface area contributed by atoms with Gasteiger partial charge in [-0.25, -0.2) is 9.97 Å². The number of nitrogens with zero attached hydrogens (tertiary/aromatic N) is 4. The summed E-state index contributed by atoms with van der Waals surface area (Å²) in [5.41, 5.74) is 13.0. The lowest BCUT2D eigenvalue weighted by Gasteiger charge is -2.36. The first kappa shape index (κ1) is 28.5. The fraction of sp³-hybridized carbons (Fsp3) is 0.0435. The highest BCUT2D eigenvalue weighted by Gasteiger charge is 2.26. The molecule has 0 saturated heterocycles. The predicted molar refractivity (Wildman–Crippen MR) is 208 cm³/mol. The van der Waals surface area contributed by atoms with E-state index in [1.165, 1.54) is 33.0 Å².